The van der Waals surface area contributed by atoms with Crippen molar-refractivity contribution >= 4 is 23.8 Å². The fraction of sp³-hybridized carbons (Fsp3) is 0.111. The van der Waals surface area contributed by atoms with Gasteiger partial charge in [0.1, 0.15) is 11.5 Å². The molecule has 2 aromatic carbocycles. The highest BCUT2D eigenvalue weighted by Crippen LogP contribution is 2.19. The van der Waals surface area contributed by atoms with E-state index in [0.717, 1.165) is 0 Å². The number of hydrogen-bond acceptors (Lipinski definition) is 6. The van der Waals surface area contributed by atoms with Crippen LogP contribution < -0.4 is 20.9 Å². The number of amides is 2. The molecule has 0 aliphatic rings. The lowest BCUT2D eigenvalue weighted by Crippen LogP contribution is -2.18. The van der Waals surface area contributed by atoms with Gasteiger partial charge in [-0.05, 0) is 24.3 Å². The molecule has 0 aliphatic carbocycles. The average molecular weight is 356 g/mol. The first kappa shape index (κ1) is 18.7. The Morgan fingerprint density at radius 3 is 1.35 bits per heavy atom. The zero-order valence-corrected chi connectivity index (χ0v) is 13.6. The quantitative estimate of drug-likeness (QED) is 0.564. The van der Waals surface area contributed by atoms with Gasteiger partial charge in [0, 0.05) is 0 Å². The second kappa shape index (κ2) is 8.43. The molecule has 0 spiro atoms. The van der Waals surface area contributed by atoms with Crippen molar-refractivity contribution in [2.24, 2.45) is 11.5 Å². The van der Waals surface area contributed by atoms with Crippen molar-refractivity contribution in [2.45, 2.75) is 12.8 Å². The number of ether oxygens (including phenoxy) is 2. The standard InChI is InChI=1S/C18H16N2O6/c19-17(23)11-5-1-3-7-13(11)25-15(21)9-10-16(22)26-14-8-4-2-6-12(14)18(20)24/h1-8H,9-10H2,(H2,19,23)(H2,20,24). The summed E-state index contributed by atoms with van der Waals surface area (Å²) in [7, 11) is 0. The number of benzene rings is 2. The lowest BCUT2D eigenvalue weighted by atomic mass is 10.2. The molecule has 8 nitrogen and oxygen atoms in total. The highest BCUT2D eigenvalue weighted by molar-refractivity contribution is 5.97. The van der Waals surface area contributed by atoms with E-state index in [1.165, 1.54) is 24.3 Å². The monoisotopic (exact) mass is 356 g/mol. The van der Waals surface area contributed by atoms with Gasteiger partial charge < -0.3 is 20.9 Å². The molecule has 0 aromatic heterocycles. The van der Waals surface area contributed by atoms with E-state index in [4.69, 9.17) is 20.9 Å². The Morgan fingerprint density at radius 2 is 1.00 bits per heavy atom. The first-order valence-corrected chi connectivity index (χ1v) is 7.57. The lowest BCUT2D eigenvalue weighted by Gasteiger charge is -2.09. The number of carbonyl (C=O) groups excluding carboxylic acids is 4. The summed E-state index contributed by atoms with van der Waals surface area (Å²) in [5.74, 6) is -2.93. The molecular weight excluding hydrogens is 340 g/mol. The van der Waals surface area contributed by atoms with Crippen LogP contribution in [0.1, 0.15) is 33.6 Å². The molecule has 2 amide bonds. The maximum absolute atomic E-state index is 11.9. The molecule has 0 radical (unpaired) electrons. The van der Waals surface area contributed by atoms with E-state index in [-0.39, 0.29) is 35.5 Å². The molecule has 0 aliphatic heterocycles. The Labute approximate surface area is 148 Å². The van der Waals surface area contributed by atoms with E-state index in [0.29, 0.717) is 0 Å². The Hall–Kier alpha value is -3.68. The van der Waals surface area contributed by atoms with Crippen LogP contribution in [-0.2, 0) is 9.59 Å². The molecular formula is C18H16N2O6. The first-order valence-electron chi connectivity index (χ1n) is 7.57. The van der Waals surface area contributed by atoms with Crippen molar-refractivity contribution in [3.63, 3.8) is 0 Å². The highest BCUT2D eigenvalue weighted by atomic mass is 16.5. The van der Waals surface area contributed by atoms with Gasteiger partial charge in [-0.25, -0.2) is 0 Å². The molecule has 0 bridgehead atoms. The second-order valence-corrected chi connectivity index (χ2v) is 5.17. The molecule has 4 N–H and O–H groups in total. The number of para-hydroxylation sites is 2. The van der Waals surface area contributed by atoms with Crippen molar-refractivity contribution in [1.29, 1.82) is 0 Å². The van der Waals surface area contributed by atoms with E-state index in [1.807, 2.05) is 0 Å². The van der Waals surface area contributed by atoms with Gasteiger partial charge in [-0.3, -0.25) is 19.2 Å². The van der Waals surface area contributed by atoms with Crippen LogP contribution >= 0.6 is 0 Å². The van der Waals surface area contributed by atoms with Crippen LogP contribution in [0.15, 0.2) is 48.5 Å². The zero-order valence-electron chi connectivity index (χ0n) is 13.6. The van der Waals surface area contributed by atoms with Crippen LogP contribution in [0.25, 0.3) is 0 Å². The lowest BCUT2D eigenvalue weighted by molar-refractivity contribution is -0.140. The molecule has 26 heavy (non-hydrogen) atoms. The van der Waals surface area contributed by atoms with Gasteiger partial charge in [0.2, 0.25) is 0 Å². The molecule has 0 saturated heterocycles. The molecule has 134 valence electrons. The van der Waals surface area contributed by atoms with Crippen LogP contribution in [0.3, 0.4) is 0 Å². The Balaban J connectivity index is 1.93. The van der Waals surface area contributed by atoms with E-state index in [2.05, 4.69) is 0 Å². The Kier molecular flexibility index (Phi) is 6.05. The third-order valence-corrected chi connectivity index (χ3v) is 3.29. The smallest absolute Gasteiger partial charge is 0.311 e. The van der Waals surface area contributed by atoms with Crippen LogP contribution in [-0.4, -0.2) is 23.8 Å². The number of primary amides is 2. The van der Waals surface area contributed by atoms with E-state index in [1.54, 1.807) is 24.3 Å². The van der Waals surface area contributed by atoms with Gasteiger partial charge in [-0.15, -0.1) is 0 Å². The number of hydrogen-bond donors (Lipinski definition) is 2. The van der Waals surface area contributed by atoms with Crippen molar-refractivity contribution in [3.8, 4) is 11.5 Å². The first-order chi connectivity index (χ1) is 12.4. The predicted octanol–water partition coefficient (Wildman–Crippen LogP) is 1.18. The summed E-state index contributed by atoms with van der Waals surface area (Å²) < 4.78 is 10.1. The molecule has 0 unspecified atom stereocenters. The summed E-state index contributed by atoms with van der Waals surface area (Å²) in [6.07, 6.45) is -0.574. The summed E-state index contributed by atoms with van der Waals surface area (Å²) in [5.41, 5.74) is 10.5. The summed E-state index contributed by atoms with van der Waals surface area (Å²) >= 11 is 0. The van der Waals surface area contributed by atoms with Gasteiger partial charge in [0.25, 0.3) is 11.8 Å². The third kappa shape index (κ3) is 4.91. The Bertz CT molecular complexity index is 791. The summed E-state index contributed by atoms with van der Waals surface area (Å²) in [6.45, 7) is 0. The number of rotatable bonds is 7. The van der Waals surface area contributed by atoms with Gasteiger partial charge >= 0.3 is 11.9 Å². The van der Waals surface area contributed by atoms with Crippen molar-refractivity contribution in [2.75, 3.05) is 0 Å². The largest absolute Gasteiger partial charge is 0.426 e. The summed E-state index contributed by atoms with van der Waals surface area (Å²) in [5, 5.41) is 0. The minimum atomic E-state index is -0.740. The number of esters is 2. The van der Waals surface area contributed by atoms with E-state index in [9.17, 15) is 19.2 Å². The molecule has 0 heterocycles. The van der Waals surface area contributed by atoms with E-state index >= 15 is 0 Å². The topological polar surface area (TPSA) is 139 Å². The normalized spacial score (nSPS) is 10.0. The molecule has 0 fully saturated rings. The van der Waals surface area contributed by atoms with Gasteiger partial charge in [0.05, 0.1) is 24.0 Å². The van der Waals surface area contributed by atoms with Crippen LogP contribution in [0.5, 0.6) is 11.5 Å². The molecule has 2 aromatic rings. The fourth-order valence-electron chi connectivity index (χ4n) is 2.07. The predicted molar refractivity (Wildman–Crippen MR) is 90.4 cm³/mol. The minimum absolute atomic E-state index is 0.0115. The van der Waals surface area contributed by atoms with Crippen LogP contribution in [0.2, 0.25) is 0 Å². The van der Waals surface area contributed by atoms with Gasteiger partial charge in [-0.2, -0.15) is 0 Å². The van der Waals surface area contributed by atoms with Gasteiger partial charge in [-0.1, -0.05) is 24.3 Å². The van der Waals surface area contributed by atoms with Crippen molar-refractivity contribution in [3.05, 3.63) is 59.7 Å². The zero-order chi connectivity index (χ0) is 19.1. The number of nitrogens with two attached hydrogens (primary N) is 2. The maximum Gasteiger partial charge on any atom is 0.311 e. The van der Waals surface area contributed by atoms with E-state index < -0.39 is 23.8 Å². The summed E-state index contributed by atoms with van der Waals surface area (Å²) in [6, 6.07) is 12.0. The van der Waals surface area contributed by atoms with Crippen molar-refractivity contribution in [1.82, 2.24) is 0 Å². The fourth-order valence-corrected chi connectivity index (χ4v) is 2.07. The van der Waals surface area contributed by atoms with Gasteiger partial charge in [0.15, 0.2) is 0 Å². The summed E-state index contributed by atoms with van der Waals surface area (Å²) in [4.78, 5) is 46.3. The van der Waals surface area contributed by atoms with Crippen molar-refractivity contribution < 1.29 is 28.7 Å². The average Bonchev–Trinajstić information content (AvgIpc) is 2.60. The maximum atomic E-state index is 11.9. The number of carbonyl (C=O) groups is 4. The molecule has 8 heteroatoms. The second-order valence-electron chi connectivity index (χ2n) is 5.17. The minimum Gasteiger partial charge on any atom is -0.426 e. The third-order valence-electron chi connectivity index (χ3n) is 3.29. The van der Waals surface area contributed by atoms with Crippen LogP contribution in [0.4, 0.5) is 0 Å². The molecule has 0 atom stereocenters. The Morgan fingerprint density at radius 1 is 0.654 bits per heavy atom. The molecule has 2 rings (SSSR count). The SMILES string of the molecule is NC(=O)c1ccccc1OC(=O)CCC(=O)Oc1ccccc1C(N)=O. The highest BCUT2D eigenvalue weighted by Gasteiger charge is 2.16. The van der Waals surface area contributed by atoms with Crippen LogP contribution in [0, 0.1) is 0 Å². The molecule has 0 saturated carbocycles.